The molecule has 0 heterocycles. The van der Waals surface area contributed by atoms with Gasteiger partial charge in [-0.1, -0.05) is 23.7 Å². The molecule has 1 aliphatic carbocycles. The Bertz CT molecular complexity index is 815. The Hall–Kier alpha value is -2.44. The lowest BCUT2D eigenvalue weighted by molar-refractivity contribution is -0.114. The fraction of sp³-hybridized carbons (Fsp3) is 0.300. The van der Waals surface area contributed by atoms with Crippen molar-refractivity contribution in [1.82, 2.24) is 10.6 Å². The van der Waals surface area contributed by atoms with E-state index in [1.54, 1.807) is 0 Å². The molecule has 2 aromatic carbocycles. The van der Waals surface area contributed by atoms with Gasteiger partial charge < -0.3 is 16.0 Å². The van der Waals surface area contributed by atoms with Crippen LogP contribution in [0.1, 0.15) is 35.7 Å². The SMILES string of the molecule is CC(=O)Nc1ccc(CN[C@H]2C[C@H](NC(=O)c3cc(F)cc(Cl)c3)C2)cc1. The van der Waals surface area contributed by atoms with Crippen LogP contribution < -0.4 is 16.0 Å². The van der Waals surface area contributed by atoms with Gasteiger partial charge in [-0.3, -0.25) is 9.59 Å². The summed E-state index contributed by atoms with van der Waals surface area (Å²) in [6.45, 7) is 2.19. The highest BCUT2D eigenvalue weighted by atomic mass is 35.5. The molecular weight excluding hydrogens is 369 g/mol. The quantitative estimate of drug-likeness (QED) is 0.708. The summed E-state index contributed by atoms with van der Waals surface area (Å²) >= 11 is 5.79. The largest absolute Gasteiger partial charge is 0.349 e. The van der Waals surface area contributed by atoms with Crippen LogP contribution in [0.3, 0.4) is 0 Å². The average molecular weight is 390 g/mol. The third-order valence-electron chi connectivity index (χ3n) is 4.47. The third-order valence-corrected chi connectivity index (χ3v) is 4.69. The molecule has 2 amide bonds. The Morgan fingerprint density at radius 1 is 1.11 bits per heavy atom. The number of rotatable bonds is 6. The van der Waals surface area contributed by atoms with Crippen molar-refractivity contribution in [3.8, 4) is 0 Å². The van der Waals surface area contributed by atoms with Crippen LogP contribution in [-0.2, 0) is 11.3 Å². The first-order chi connectivity index (χ1) is 12.9. The van der Waals surface area contributed by atoms with Crippen LogP contribution in [0.15, 0.2) is 42.5 Å². The molecule has 2 aromatic rings. The van der Waals surface area contributed by atoms with E-state index in [1.807, 2.05) is 24.3 Å². The zero-order valence-electron chi connectivity index (χ0n) is 14.9. The molecule has 0 radical (unpaired) electrons. The van der Waals surface area contributed by atoms with Gasteiger partial charge in [0.25, 0.3) is 5.91 Å². The summed E-state index contributed by atoms with van der Waals surface area (Å²) in [4.78, 5) is 23.2. The summed E-state index contributed by atoms with van der Waals surface area (Å²) in [5.74, 6) is -0.928. The minimum absolute atomic E-state index is 0.0687. The highest BCUT2D eigenvalue weighted by molar-refractivity contribution is 6.31. The minimum atomic E-state index is -0.523. The van der Waals surface area contributed by atoms with Crippen molar-refractivity contribution in [1.29, 1.82) is 0 Å². The van der Waals surface area contributed by atoms with Crippen molar-refractivity contribution < 1.29 is 14.0 Å². The Balaban J connectivity index is 1.41. The van der Waals surface area contributed by atoms with Crippen LogP contribution in [0.5, 0.6) is 0 Å². The van der Waals surface area contributed by atoms with E-state index in [2.05, 4.69) is 16.0 Å². The molecular formula is C20H21ClFN3O2. The number of halogens is 2. The topological polar surface area (TPSA) is 70.2 Å². The van der Waals surface area contributed by atoms with Crippen LogP contribution in [-0.4, -0.2) is 23.9 Å². The Morgan fingerprint density at radius 3 is 2.44 bits per heavy atom. The van der Waals surface area contributed by atoms with E-state index in [9.17, 15) is 14.0 Å². The highest BCUT2D eigenvalue weighted by Crippen LogP contribution is 2.22. The Labute approximate surface area is 162 Å². The number of anilines is 1. The lowest BCUT2D eigenvalue weighted by Crippen LogP contribution is -2.52. The molecule has 0 aromatic heterocycles. The zero-order chi connectivity index (χ0) is 19.4. The van der Waals surface area contributed by atoms with Crippen molar-refractivity contribution in [2.75, 3.05) is 5.32 Å². The van der Waals surface area contributed by atoms with Gasteiger partial charge in [0.2, 0.25) is 5.91 Å². The maximum Gasteiger partial charge on any atom is 0.251 e. The molecule has 7 heteroatoms. The minimum Gasteiger partial charge on any atom is -0.349 e. The first kappa shape index (κ1) is 19.3. The molecule has 27 heavy (non-hydrogen) atoms. The molecule has 0 spiro atoms. The summed E-state index contributed by atoms with van der Waals surface area (Å²) in [6, 6.07) is 11.9. The van der Waals surface area contributed by atoms with E-state index in [1.165, 1.54) is 25.1 Å². The molecule has 142 valence electrons. The first-order valence-corrected chi connectivity index (χ1v) is 9.14. The first-order valence-electron chi connectivity index (χ1n) is 8.76. The smallest absolute Gasteiger partial charge is 0.251 e. The number of carbonyl (C=O) groups is 2. The van der Waals surface area contributed by atoms with Crippen LogP contribution in [0, 0.1) is 5.82 Å². The average Bonchev–Trinajstić information content (AvgIpc) is 2.56. The molecule has 0 aliphatic heterocycles. The second-order valence-electron chi connectivity index (χ2n) is 6.76. The molecule has 1 saturated carbocycles. The Kier molecular flexibility index (Phi) is 6.08. The number of benzene rings is 2. The van der Waals surface area contributed by atoms with Gasteiger partial charge in [-0.05, 0) is 48.7 Å². The summed E-state index contributed by atoms with van der Waals surface area (Å²) < 4.78 is 13.3. The normalized spacial score (nSPS) is 18.5. The molecule has 1 fully saturated rings. The second-order valence-corrected chi connectivity index (χ2v) is 7.19. The van der Waals surface area contributed by atoms with Gasteiger partial charge in [0.1, 0.15) is 5.82 Å². The molecule has 5 nitrogen and oxygen atoms in total. The summed E-state index contributed by atoms with van der Waals surface area (Å²) in [7, 11) is 0. The number of amides is 2. The van der Waals surface area contributed by atoms with Gasteiger partial charge in [0, 0.05) is 41.8 Å². The molecule has 0 bridgehead atoms. The van der Waals surface area contributed by atoms with E-state index < -0.39 is 5.82 Å². The van der Waals surface area contributed by atoms with Gasteiger partial charge in [0.05, 0.1) is 0 Å². The predicted octanol–water partition coefficient (Wildman–Crippen LogP) is 3.49. The third kappa shape index (κ3) is 5.52. The number of carbonyl (C=O) groups excluding carboxylic acids is 2. The van der Waals surface area contributed by atoms with Gasteiger partial charge in [-0.15, -0.1) is 0 Å². The maximum absolute atomic E-state index is 13.3. The highest BCUT2D eigenvalue weighted by Gasteiger charge is 2.30. The van der Waals surface area contributed by atoms with Crippen molar-refractivity contribution in [2.24, 2.45) is 0 Å². The van der Waals surface area contributed by atoms with Crippen molar-refractivity contribution in [2.45, 2.75) is 38.4 Å². The predicted molar refractivity (Wildman–Crippen MR) is 103 cm³/mol. The molecule has 0 unspecified atom stereocenters. The Morgan fingerprint density at radius 2 is 1.81 bits per heavy atom. The van der Waals surface area contributed by atoms with Crippen LogP contribution in [0.25, 0.3) is 0 Å². The molecule has 3 N–H and O–H groups in total. The number of hydrogen-bond acceptors (Lipinski definition) is 3. The van der Waals surface area contributed by atoms with Gasteiger partial charge in [-0.25, -0.2) is 4.39 Å². The number of nitrogens with one attached hydrogen (secondary N) is 3. The fourth-order valence-electron chi connectivity index (χ4n) is 3.03. The van der Waals surface area contributed by atoms with E-state index in [0.717, 1.165) is 24.1 Å². The van der Waals surface area contributed by atoms with E-state index >= 15 is 0 Å². The van der Waals surface area contributed by atoms with Crippen LogP contribution in [0.4, 0.5) is 10.1 Å². The van der Waals surface area contributed by atoms with Crippen molar-refractivity contribution in [3.05, 3.63) is 64.4 Å². The summed E-state index contributed by atoms with van der Waals surface area (Å²) in [6.07, 6.45) is 1.64. The van der Waals surface area contributed by atoms with Gasteiger partial charge in [-0.2, -0.15) is 0 Å². The fourth-order valence-corrected chi connectivity index (χ4v) is 3.25. The van der Waals surface area contributed by atoms with E-state index in [0.29, 0.717) is 12.6 Å². The van der Waals surface area contributed by atoms with Gasteiger partial charge >= 0.3 is 0 Å². The summed E-state index contributed by atoms with van der Waals surface area (Å²) in [5.41, 5.74) is 2.12. The van der Waals surface area contributed by atoms with Crippen molar-refractivity contribution >= 4 is 29.1 Å². The number of hydrogen-bond donors (Lipinski definition) is 3. The standard InChI is InChI=1S/C20H21ClFN3O2/c1-12(26)24-17-4-2-13(3-5-17)11-23-18-9-19(10-18)25-20(27)14-6-15(21)8-16(22)7-14/h2-8,18-19,23H,9-11H2,1H3,(H,24,26)(H,25,27)/t18-,19-. The molecule has 0 saturated heterocycles. The molecule has 1 aliphatic rings. The lowest BCUT2D eigenvalue weighted by atomic mass is 9.86. The second kappa shape index (κ2) is 8.50. The summed E-state index contributed by atoms with van der Waals surface area (Å²) in [5, 5.41) is 9.27. The van der Waals surface area contributed by atoms with Crippen molar-refractivity contribution in [3.63, 3.8) is 0 Å². The maximum atomic E-state index is 13.3. The molecule has 3 rings (SSSR count). The van der Waals surface area contributed by atoms with E-state index in [-0.39, 0.29) is 28.4 Å². The molecule has 0 atom stereocenters. The van der Waals surface area contributed by atoms with E-state index in [4.69, 9.17) is 11.6 Å². The lowest BCUT2D eigenvalue weighted by Gasteiger charge is -2.36. The van der Waals surface area contributed by atoms with Crippen LogP contribution >= 0.6 is 11.6 Å². The van der Waals surface area contributed by atoms with Gasteiger partial charge in [0.15, 0.2) is 0 Å². The monoisotopic (exact) mass is 389 g/mol. The zero-order valence-corrected chi connectivity index (χ0v) is 15.6. The van der Waals surface area contributed by atoms with Crippen LogP contribution in [0.2, 0.25) is 5.02 Å².